The van der Waals surface area contributed by atoms with E-state index in [1.54, 1.807) is 0 Å². The third-order valence-electron chi connectivity index (χ3n) is 3.82. The minimum absolute atomic E-state index is 0.497. The molecule has 0 radical (unpaired) electrons. The van der Waals surface area contributed by atoms with Crippen LogP contribution in [0.5, 0.6) is 0 Å². The Labute approximate surface area is 117 Å². The number of imidazole rings is 1. The third-order valence-corrected chi connectivity index (χ3v) is 4.35. The maximum absolute atomic E-state index is 6.10. The van der Waals surface area contributed by atoms with Crippen molar-refractivity contribution >= 4 is 34.9 Å². The van der Waals surface area contributed by atoms with Crippen LogP contribution in [0.1, 0.15) is 38.6 Å². The SMILES string of the molecule is CCC(CC1CC1)n1c(=S)[nH]c2ccc(Cl)cc21. The number of halogens is 1. The third kappa shape index (κ3) is 2.21. The molecule has 0 spiro atoms. The van der Waals surface area contributed by atoms with Crippen LogP contribution in [0.4, 0.5) is 0 Å². The molecule has 1 aromatic heterocycles. The second-order valence-electron chi connectivity index (χ2n) is 5.20. The molecule has 18 heavy (non-hydrogen) atoms. The molecule has 0 saturated heterocycles. The van der Waals surface area contributed by atoms with Gasteiger partial charge in [-0.1, -0.05) is 31.4 Å². The zero-order chi connectivity index (χ0) is 12.7. The maximum Gasteiger partial charge on any atom is 0.178 e. The summed E-state index contributed by atoms with van der Waals surface area (Å²) in [7, 11) is 0. The van der Waals surface area contributed by atoms with Crippen molar-refractivity contribution in [2.45, 2.75) is 38.6 Å². The molecule has 1 heterocycles. The number of hydrogen-bond donors (Lipinski definition) is 1. The fraction of sp³-hybridized carbons (Fsp3) is 0.500. The van der Waals surface area contributed by atoms with Gasteiger partial charge in [0, 0.05) is 11.1 Å². The largest absolute Gasteiger partial charge is 0.331 e. The number of rotatable bonds is 4. The Morgan fingerprint density at radius 1 is 1.50 bits per heavy atom. The van der Waals surface area contributed by atoms with Gasteiger partial charge in [0.1, 0.15) is 0 Å². The zero-order valence-corrected chi connectivity index (χ0v) is 12.0. The van der Waals surface area contributed by atoms with Gasteiger partial charge in [0.25, 0.3) is 0 Å². The first-order valence-electron chi connectivity index (χ1n) is 6.58. The number of H-pyrrole nitrogens is 1. The lowest BCUT2D eigenvalue weighted by Crippen LogP contribution is -2.09. The van der Waals surface area contributed by atoms with E-state index in [-0.39, 0.29) is 0 Å². The predicted molar refractivity (Wildman–Crippen MR) is 78.8 cm³/mol. The number of nitrogens with zero attached hydrogens (tertiary/aromatic N) is 1. The Morgan fingerprint density at radius 2 is 2.28 bits per heavy atom. The quantitative estimate of drug-likeness (QED) is 0.773. The summed E-state index contributed by atoms with van der Waals surface area (Å²) in [4.78, 5) is 3.28. The molecular weight excluding hydrogens is 264 g/mol. The molecule has 2 nitrogen and oxygen atoms in total. The molecule has 4 heteroatoms. The number of hydrogen-bond acceptors (Lipinski definition) is 1. The molecular formula is C14H17ClN2S. The predicted octanol–water partition coefficient (Wildman–Crippen LogP) is 5.10. The first-order valence-corrected chi connectivity index (χ1v) is 7.37. The van der Waals surface area contributed by atoms with Crippen LogP contribution >= 0.6 is 23.8 Å². The average molecular weight is 281 g/mol. The normalized spacial score (nSPS) is 17.2. The molecule has 1 aromatic carbocycles. The van der Waals surface area contributed by atoms with Crippen molar-refractivity contribution in [3.63, 3.8) is 0 Å². The second kappa shape index (κ2) is 4.71. The van der Waals surface area contributed by atoms with E-state index in [0.29, 0.717) is 6.04 Å². The van der Waals surface area contributed by atoms with Crippen molar-refractivity contribution in [3.8, 4) is 0 Å². The Kier molecular flexibility index (Phi) is 3.20. The molecule has 96 valence electrons. The van der Waals surface area contributed by atoms with E-state index in [9.17, 15) is 0 Å². The number of aromatic nitrogens is 2. The molecule has 0 bridgehead atoms. The highest BCUT2D eigenvalue weighted by atomic mass is 35.5. The van der Waals surface area contributed by atoms with E-state index >= 15 is 0 Å². The van der Waals surface area contributed by atoms with Gasteiger partial charge in [-0.15, -0.1) is 0 Å². The molecule has 1 aliphatic carbocycles. The van der Waals surface area contributed by atoms with E-state index in [1.165, 1.54) is 19.3 Å². The summed E-state index contributed by atoms with van der Waals surface area (Å²) in [6, 6.07) is 6.42. The average Bonchev–Trinajstić information content (AvgIpc) is 3.10. The topological polar surface area (TPSA) is 20.7 Å². The molecule has 1 unspecified atom stereocenters. The van der Waals surface area contributed by atoms with Crippen LogP contribution in [-0.2, 0) is 0 Å². The van der Waals surface area contributed by atoms with Crippen LogP contribution < -0.4 is 0 Å². The van der Waals surface area contributed by atoms with Crippen LogP contribution in [0, 0.1) is 10.7 Å². The summed E-state index contributed by atoms with van der Waals surface area (Å²) < 4.78 is 3.08. The standard InChI is InChI=1S/C14H17ClN2S/c1-2-11(7-9-3-4-9)17-13-8-10(15)5-6-12(13)16-14(17)18/h5-6,8-9,11H,2-4,7H2,1H3,(H,16,18). The van der Waals surface area contributed by atoms with Crippen LogP contribution in [0.15, 0.2) is 18.2 Å². The minimum Gasteiger partial charge on any atom is -0.331 e. The number of aromatic amines is 1. The Balaban J connectivity index is 2.10. The summed E-state index contributed by atoms with van der Waals surface area (Å²) in [6.45, 7) is 2.23. The molecule has 1 atom stereocenters. The summed E-state index contributed by atoms with van der Waals surface area (Å²) in [5.41, 5.74) is 2.22. The summed E-state index contributed by atoms with van der Waals surface area (Å²) in [5.74, 6) is 0.904. The minimum atomic E-state index is 0.497. The molecule has 0 amide bonds. The molecule has 1 N–H and O–H groups in total. The van der Waals surface area contributed by atoms with Crippen molar-refractivity contribution in [2.75, 3.05) is 0 Å². The van der Waals surface area contributed by atoms with Crippen molar-refractivity contribution in [2.24, 2.45) is 5.92 Å². The van der Waals surface area contributed by atoms with Crippen molar-refractivity contribution < 1.29 is 0 Å². The van der Waals surface area contributed by atoms with E-state index in [1.807, 2.05) is 18.2 Å². The van der Waals surface area contributed by atoms with E-state index < -0.39 is 0 Å². The molecule has 0 aliphatic heterocycles. The van der Waals surface area contributed by atoms with Crippen LogP contribution in [0.2, 0.25) is 5.02 Å². The van der Waals surface area contributed by atoms with Crippen molar-refractivity contribution in [1.82, 2.24) is 9.55 Å². The highest BCUT2D eigenvalue weighted by molar-refractivity contribution is 7.71. The van der Waals surface area contributed by atoms with Gasteiger partial charge in [0.15, 0.2) is 4.77 Å². The summed E-state index contributed by atoms with van der Waals surface area (Å²) >= 11 is 11.6. The first kappa shape index (κ1) is 12.2. The fourth-order valence-electron chi connectivity index (χ4n) is 2.65. The molecule has 1 saturated carbocycles. The molecule has 3 rings (SSSR count). The Hall–Kier alpha value is -0.800. The van der Waals surface area contributed by atoms with Crippen LogP contribution in [0.3, 0.4) is 0 Å². The van der Waals surface area contributed by atoms with Crippen LogP contribution in [0.25, 0.3) is 11.0 Å². The van der Waals surface area contributed by atoms with Gasteiger partial charge in [0.05, 0.1) is 11.0 Å². The van der Waals surface area contributed by atoms with Gasteiger partial charge in [-0.3, -0.25) is 0 Å². The summed E-state index contributed by atoms with van der Waals surface area (Å²) in [5, 5.41) is 0.770. The molecule has 2 aromatic rings. The van der Waals surface area contributed by atoms with Gasteiger partial charge < -0.3 is 9.55 Å². The van der Waals surface area contributed by atoms with Gasteiger partial charge in [0.2, 0.25) is 0 Å². The van der Waals surface area contributed by atoms with E-state index in [4.69, 9.17) is 23.8 Å². The lowest BCUT2D eigenvalue weighted by atomic mass is 10.1. The summed E-state index contributed by atoms with van der Waals surface area (Å²) in [6.07, 6.45) is 5.12. The van der Waals surface area contributed by atoms with E-state index in [2.05, 4.69) is 16.5 Å². The van der Waals surface area contributed by atoms with Crippen molar-refractivity contribution in [3.05, 3.63) is 28.0 Å². The number of nitrogens with one attached hydrogen (secondary N) is 1. The first-order chi connectivity index (χ1) is 8.69. The molecule has 1 fully saturated rings. The highest BCUT2D eigenvalue weighted by Crippen LogP contribution is 2.39. The molecule has 1 aliphatic rings. The fourth-order valence-corrected chi connectivity index (χ4v) is 3.17. The van der Waals surface area contributed by atoms with Gasteiger partial charge in [-0.25, -0.2) is 0 Å². The second-order valence-corrected chi connectivity index (χ2v) is 6.03. The van der Waals surface area contributed by atoms with Crippen molar-refractivity contribution in [1.29, 1.82) is 0 Å². The zero-order valence-electron chi connectivity index (χ0n) is 10.4. The lowest BCUT2D eigenvalue weighted by molar-refractivity contribution is 0.434. The Morgan fingerprint density at radius 3 is 2.94 bits per heavy atom. The number of fused-ring (bicyclic) bond motifs is 1. The van der Waals surface area contributed by atoms with Gasteiger partial charge >= 0.3 is 0 Å². The van der Waals surface area contributed by atoms with E-state index in [0.717, 1.165) is 33.2 Å². The van der Waals surface area contributed by atoms with Gasteiger partial charge in [-0.2, -0.15) is 0 Å². The lowest BCUT2D eigenvalue weighted by Gasteiger charge is -2.17. The highest BCUT2D eigenvalue weighted by Gasteiger charge is 2.26. The maximum atomic E-state index is 6.10. The van der Waals surface area contributed by atoms with Gasteiger partial charge in [-0.05, 0) is 49.2 Å². The Bertz CT molecular complexity index is 624. The van der Waals surface area contributed by atoms with Crippen LogP contribution in [-0.4, -0.2) is 9.55 Å². The number of benzene rings is 1. The smallest absolute Gasteiger partial charge is 0.178 e. The monoisotopic (exact) mass is 280 g/mol.